The molecule has 2 nitrogen and oxygen atoms in total. The maximum Gasteiger partial charge on any atom is 0.0302 e. The number of hydrogen-bond acceptors (Lipinski definition) is 2. The van der Waals surface area contributed by atoms with Crippen molar-refractivity contribution < 1.29 is 8.76 Å². The van der Waals surface area contributed by atoms with Gasteiger partial charge in [0.2, 0.25) is 0 Å². The van der Waals surface area contributed by atoms with Gasteiger partial charge in [-0.2, -0.15) is 0 Å². The molecule has 0 fully saturated rings. The molecule has 5 heteroatoms. The van der Waals surface area contributed by atoms with Gasteiger partial charge in [0.25, 0.3) is 0 Å². The van der Waals surface area contributed by atoms with Crippen LogP contribution in [0, 0.1) is 0 Å². The summed E-state index contributed by atoms with van der Waals surface area (Å²) in [7, 11) is 0. The predicted molar refractivity (Wildman–Crippen MR) is 38.2 cm³/mol. The van der Waals surface area contributed by atoms with Crippen molar-refractivity contribution >= 4 is 34.3 Å². The van der Waals surface area contributed by atoms with E-state index in [4.69, 9.17) is 23.2 Å². The molecule has 54 valence electrons. The van der Waals surface area contributed by atoms with Crippen LogP contribution < -0.4 is 0 Å². The van der Waals surface area contributed by atoms with Crippen molar-refractivity contribution in [2.45, 2.75) is 6.42 Å². The van der Waals surface area contributed by atoms with E-state index in [9.17, 15) is 8.76 Å². The van der Waals surface area contributed by atoms with Crippen LogP contribution in [-0.4, -0.2) is 14.5 Å². The Labute approximate surface area is 66.1 Å². The molecule has 0 saturated carbocycles. The molecule has 9 heavy (non-hydrogen) atoms. The van der Waals surface area contributed by atoms with Gasteiger partial charge in [-0.1, -0.05) is 34.3 Å². The normalized spacial score (nSPS) is 15.7. The Morgan fingerprint density at radius 2 is 2.33 bits per heavy atom. The molecule has 1 unspecified atom stereocenters. The monoisotopic (exact) mass is 187 g/mol. The average molecular weight is 188 g/mol. The topological polar surface area (TPSA) is 40.1 Å². The quantitative estimate of drug-likeness (QED) is 0.630. The zero-order valence-corrected chi connectivity index (χ0v) is 6.80. The Balaban J connectivity index is 3.39. The summed E-state index contributed by atoms with van der Waals surface area (Å²) in [5.74, 6) is 0.0298. The van der Waals surface area contributed by atoms with E-state index in [1.165, 1.54) is 0 Å². The van der Waals surface area contributed by atoms with Crippen LogP contribution in [-0.2, 0) is 11.1 Å². The van der Waals surface area contributed by atoms with E-state index >= 15 is 0 Å². The Kier molecular flexibility index (Phi) is 5.48. The summed E-state index contributed by atoms with van der Waals surface area (Å²) < 4.78 is 19.8. The molecule has 0 radical (unpaired) electrons. The van der Waals surface area contributed by atoms with E-state index in [-0.39, 0.29) is 5.75 Å². The molecule has 0 heterocycles. The van der Waals surface area contributed by atoms with Crippen LogP contribution in [0.2, 0.25) is 0 Å². The van der Waals surface area contributed by atoms with Crippen LogP contribution in [0.1, 0.15) is 6.42 Å². The lowest BCUT2D eigenvalue weighted by Crippen LogP contribution is -1.93. The number of halogens is 2. The summed E-state index contributed by atoms with van der Waals surface area (Å²) in [5, 5.41) is 0.362. The first-order chi connectivity index (χ1) is 4.16. The van der Waals surface area contributed by atoms with Crippen LogP contribution in [0.4, 0.5) is 0 Å². The lowest BCUT2D eigenvalue weighted by molar-refractivity contribution is 0.537. The molecule has 0 N–H and O–H groups in total. The fraction of sp³-hybridized carbons (Fsp3) is 0.500. The van der Waals surface area contributed by atoms with E-state index in [1.807, 2.05) is 0 Å². The Morgan fingerprint density at radius 1 is 1.78 bits per heavy atom. The van der Waals surface area contributed by atoms with Gasteiger partial charge in [-0.15, -0.1) is 0 Å². The maximum atomic E-state index is 9.89. The minimum atomic E-state index is -2.02. The lowest BCUT2D eigenvalue weighted by atomic mass is 10.5. The minimum absolute atomic E-state index is 0.0298. The van der Waals surface area contributed by atoms with Crippen molar-refractivity contribution in [3.63, 3.8) is 0 Å². The maximum absolute atomic E-state index is 9.89. The number of hydrogen-bond donors (Lipinski definition) is 0. The van der Waals surface area contributed by atoms with Crippen molar-refractivity contribution in [2.75, 3.05) is 5.75 Å². The van der Waals surface area contributed by atoms with E-state index in [0.29, 0.717) is 11.5 Å². The fourth-order valence-corrected chi connectivity index (χ4v) is 0.938. The van der Waals surface area contributed by atoms with Gasteiger partial charge >= 0.3 is 0 Å². The standard InChI is InChI=1S/C4H6Cl2O2S/c5-3-4(6)1-2-9(7)8/h3H,1-2H2,(H,7,8)/p-1. The third-order valence-electron chi connectivity index (χ3n) is 0.626. The van der Waals surface area contributed by atoms with Crippen LogP contribution in [0.5, 0.6) is 0 Å². The highest BCUT2D eigenvalue weighted by Gasteiger charge is 1.89. The van der Waals surface area contributed by atoms with Gasteiger partial charge in [-0.3, -0.25) is 4.21 Å². The molecule has 0 spiro atoms. The summed E-state index contributed by atoms with van der Waals surface area (Å²) in [6, 6.07) is 0. The minimum Gasteiger partial charge on any atom is -0.772 e. The molecule has 1 atom stereocenters. The molecule has 0 aromatic rings. The first kappa shape index (κ1) is 9.43. The van der Waals surface area contributed by atoms with Crippen molar-refractivity contribution in [3.8, 4) is 0 Å². The van der Waals surface area contributed by atoms with Crippen LogP contribution in [0.15, 0.2) is 10.6 Å². The average Bonchev–Trinajstić information content (AvgIpc) is 1.83. The Bertz CT molecular complexity index is 135. The summed E-state index contributed by atoms with van der Waals surface area (Å²) in [6.45, 7) is 0. The summed E-state index contributed by atoms with van der Waals surface area (Å²) in [4.78, 5) is 0. The molecule has 0 aliphatic rings. The van der Waals surface area contributed by atoms with Gasteiger partial charge < -0.3 is 4.55 Å². The van der Waals surface area contributed by atoms with E-state index < -0.39 is 11.1 Å². The smallest absolute Gasteiger partial charge is 0.0302 e. The van der Waals surface area contributed by atoms with Crippen LogP contribution in [0.3, 0.4) is 0 Å². The van der Waals surface area contributed by atoms with Crippen molar-refractivity contribution in [1.29, 1.82) is 0 Å². The number of rotatable bonds is 3. The van der Waals surface area contributed by atoms with Gasteiger partial charge in [0.15, 0.2) is 0 Å². The van der Waals surface area contributed by atoms with Gasteiger partial charge in [0.05, 0.1) is 0 Å². The molecule has 0 aromatic heterocycles. The molecule has 0 saturated heterocycles. The fourth-order valence-electron chi connectivity index (χ4n) is 0.235. The van der Waals surface area contributed by atoms with Crippen molar-refractivity contribution in [1.82, 2.24) is 0 Å². The second-order valence-electron chi connectivity index (χ2n) is 1.31. The molecule has 0 rings (SSSR count). The van der Waals surface area contributed by atoms with Gasteiger partial charge in [-0.05, 0) is 6.42 Å². The van der Waals surface area contributed by atoms with E-state index in [0.717, 1.165) is 5.54 Å². The first-order valence-corrected chi connectivity index (χ1v) is 4.23. The molecule has 0 bridgehead atoms. The molecule has 0 aliphatic carbocycles. The number of allylic oxidation sites excluding steroid dienone is 1. The van der Waals surface area contributed by atoms with Crippen LogP contribution >= 0.6 is 23.2 Å². The molecule has 0 amide bonds. The van der Waals surface area contributed by atoms with Crippen molar-refractivity contribution in [2.24, 2.45) is 0 Å². The highest BCUT2D eigenvalue weighted by molar-refractivity contribution is 7.79. The largest absolute Gasteiger partial charge is 0.772 e. The predicted octanol–water partition coefficient (Wildman–Crippen LogP) is 1.57. The second-order valence-corrected chi connectivity index (χ2v) is 3.03. The lowest BCUT2D eigenvalue weighted by Gasteiger charge is -2.01. The Hall–Kier alpha value is 0.430. The first-order valence-electron chi connectivity index (χ1n) is 2.17. The molecule has 0 aromatic carbocycles. The summed E-state index contributed by atoms with van der Waals surface area (Å²) in [6.07, 6.45) is 0.293. The Morgan fingerprint density at radius 3 is 2.67 bits per heavy atom. The van der Waals surface area contributed by atoms with Crippen molar-refractivity contribution in [3.05, 3.63) is 10.6 Å². The van der Waals surface area contributed by atoms with Gasteiger partial charge in [-0.25, -0.2) is 0 Å². The third kappa shape index (κ3) is 6.31. The van der Waals surface area contributed by atoms with Crippen LogP contribution in [0.25, 0.3) is 0 Å². The second kappa shape index (κ2) is 5.23. The molecular weight excluding hydrogens is 183 g/mol. The van der Waals surface area contributed by atoms with E-state index in [1.54, 1.807) is 0 Å². The molecular formula is C4H5Cl2O2S-. The van der Waals surface area contributed by atoms with Gasteiger partial charge in [0, 0.05) is 16.3 Å². The summed E-state index contributed by atoms with van der Waals surface area (Å²) >= 11 is 8.48. The zero-order valence-electron chi connectivity index (χ0n) is 4.47. The highest BCUT2D eigenvalue weighted by atomic mass is 35.5. The third-order valence-corrected chi connectivity index (χ3v) is 1.84. The highest BCUT2D eigenvalue weighted by Crippen LogP contribution is 2.07. The van der Waals surface area contributed by atoms with Gasteiger partial charge in [0.1, 0.15) is 0 Å². The molecule has 0 aliphatic heterocycles. The van der Waals surface area contributed by atoms with E-state index in [2.05, 4.69) is 0 Å². The summed E-state index contributed by atoms with van der Waals surface area (Å²) in [5.41, 5.74) is 1.16. The zero-order chi connectivity index (χ0) is 7.28. The SMILES string of the molecule is O=S([O-])CCC(Cl)=CCl.